The van der Waals surface area contributed by atoms with Gasteiger partial charge in [-0.3, -0.25) is 4.79 Å². The van der Waals surface area contributed by atoms with Gasteiger partial charge >= 0.3 is 0 Å². The first-order chi connectivity index (χ1) is 13.1. The number of methoxy groups -OCH3 is 1. The molecule has 27 heavy (non-hydrogen) atoms. The lowest BCUT2D eigenvalue weighted by Crippen LogP contribution is -2.17. The topological polar surface area (TPSA) is 69.2 Å². The van der Waals surface area contributed by atoms with E-state index in [4.69, 9.17) is 32.2 Å². The van der Waals surface area contributed by atoms with Gasteiger partial charge in [0, 0.05) is 5.56 Å². The molecule has 7 heteroatoms. The summed E-state index contributed by atoms with van der Waals surface area (Å²) in [5, 5.41) is 4.29. The summed E-state index contributed by atoms with van der Waals surface area (Å²) in [5.41, 5.74) is 3.51. The number of nitrogens with one attached hydrogen (secondary N) is 1. The Morgan fingerprint density at radius 2 is 2.15 bits per heavy atom. The van der Waals surface area contributed by atoms with Crippen molar-refractivity contribution in [1.29, 1.82) is 0 Å². The monoisotopic (exact) mass is 386 g/mol. The fraction of sp³-hybridized carbons (Fsp3) is 0.200. The van der Waals surface area contributed by atoms with Crippen LogP contribution in [0.5, 0.6) is 17.2 Å². The molecule has 2 aromatic carbocycles. The van der Waals surface area contributed by atoms with Crippen molar-refractivity contribution in [3.05, 3.63) is 52.5 Å². The lowest BCUT2D eigenvalue weighted by molar-refractivity contribution is 0.0955. The predicted octanol–water partition coefficient (Wildman–Crippen LogP) is 3.52. The van der Waals surface area contributed by atoms with E-state index in [-0.39, 0.29) is 12.5 Å². The summed E-state index contributed by atoms with van der Waals surface area (Å²) in [6.45, 7) is 2.34. The van der Waals surface area contributed by atoms with Crippen LogP contribution in [-0.2, 0) is 0 Å². The van der Waals surface area contributed by atoms with E-state index in [9.17, 15) is 4.79 Å². The smallest absolute Gasteiger partial charge is 0.271 e. The van der Waals surface area contributed by atoms with Gasteiger partial charge < -0.3 is 14.2 Å². The molecule has 0 radical (unpaired) electrons. The summed E-state index contributed by atoms with van der Waals surface area (Å²) in [7, 11) is 1.53. The Morgan fingerprint density at radius 1 is 1.33 bits per heavy atom. The zero-order valence-corrected chi connectivity index (χ0v) is 15.7. The van der Waals surface area contributed by atoms with Crippen LogP contribution in [0.4, 0.5) is 0 Å². The number of amides is 1. The normalized spacial score (nSPS) is 10.3. The van der Waals surface area contributed by atoms with Gasteiger partial charge in [0.05, 0.1) is 25.0 Å². The number of halogens is 1. The molecule has 0 heterocycles. The largest absolute Gasteiger partial charge is 0.497 e. The second-order valence-corrected chi connectivity index (χ2v) is 5.59. The van der Waals surface area contributed by atoms with E-state index in [1.165, 1.54) is 13.3 Å². The van der Waals surface area contributed by atoms with Crippen molar-refractivity contribution in [2.75, 3.05) is 20.3 Å². The number of rotatable bonds is 8. The van der Waals surface area contributed by atoms with Gasteiger partial charge in [-0.25, -0.2) is 5.43 Å². The van der Waals surface area contributed by atoms with E-state index in [0.29, 0.717) is 40.0 Å². The molecule has 0 bridgehead atoms. The molecule has 2 aromatic rings. The maximum atomic E-state index is 12.1. The van der Waals surface area contributed by atoms with E-state index in [1.807, 2.05) is 6.92 Å². The van der Waals surface area contributed by atoms with E-state index in [0.717, 1.165) is 0 Å². The van der Waals surface area contributed by atoms with Crippen LogP contribution in [0.1, 0.15) is 22.8 Å². The van der Waals surface area contributed by atoms with Gasteiger partial charge in [-0.15, -0.1) is 6.42 Å². The Hall–Kier alpha value is -3.17. The molecule has 0 aromatic heterocycles. The van der Waals surface area contributed by atoms with Crippen LogP contribution >= 0.6 is 11.6 Å². The van der Waals surface area contributed by atoms with Gasteiger partial charge in [0.25, 0.3) is 5.91 Å². The number of hydrazone groups is 1. The third-order valence-corrected chi connectivity index (χ3v) is 3.62. The molecule has 6 nitrogen and oxygen atoms in total. The fourth-order valence-electron chi connectivity index (χ4n) is 2.17. The molecular formula is C20H19ClN2O4. The summed E-state index contributed by atoms with van der Waals surface area (Å²) >= 11 is 6.24. The van der Waals surface area contributed by atoms with E-state index < -0.39 is 0 Å². The lowest BCUT2D eigenvalue weighted by atomic mass is 10.2. The molecule has 0 fully saturated rings. The molecule has 0 spiro atoms. The van der Waals surface area contributed by atoms with Crippen LogP contribution in [0.3, 0.4) is 0 Å². The number of hydrogen-bond donors (Lipinski definition) is 1. The zero-order chi connectivity index (χ0) is 19.6. The minimum atomic E-state index is -0.366. The summed E-state index contributed by atoms with van der Waals surface area (Å²) < 4.78 is 16.1. The molecule has 0 aliphatic heterocycles. The van der Waals surface area contributed by atoms with Crippen molar-refractivity contribution < 1.29 is 19.0 Å². The van der Waals surface area contributed by atoms with Gasteiger partial charge in [-0.05, 0) is 42.8 Å². The zero-order valence-electron chi connectivity index (χ0n) is 15.0. The highest BCUT2D eigenvalue weighted by Crippen LogP contribution is 2.36. The second-order valence-electron chi connectivity index (χ2n) is 5.19. The summed E-state index contributed by atoms with van der Waals surface area (Å²) in [6.07, 6.45) is 6.67. The third-order valence-electron chi connectivity index (χ3n) is 3.34. The molecule has 1 N–H and O–H groups in total. The van der Waals surface area contributed by atoms with Crippen LogP contribution in [-0.4, -0.2) is 32.4 Å². The molecule has 0 atom stereocenters. The first kappa shape index (κ1) is 20.1. The molecule has 1 amide bonds. The molecule has 0 aliphatic rings. The van der Waals surface area contributed by atoms with Crippen molar-refractivity contribution in [1.82, 2.24) is 5.43 Å². The van der Waals surface area contributed by atoms with Crippen LogP contribution in [0.2, 0.25) is 5.02 Å². The summed E-state index contributed by atoms with van der Waals surface area (Å²) in [5.74, 6) is 3.41. The molecule has 0 aliphatic carbocycles. The third kappa shape index (κ3) is 5.66. The number of terminal acetylenes is 1. The first-order valence-corrected chi connectivity index (χ1v) is 8.46. The van der Waals surface area contributed by atoms with Crippen molar-refractivity contribution in [3.8, 4) is 29.6 Å². The minimum Gasteiger partial charge on any atom is -0.497 e. The number of nitrogens with zero attached hydrogens (tertiary/aromatic N) is 1. The maximum Gasteiger partial charge on any atom is 0.271 e. The average molecular weight is 387 g/mol. The van der Waals surface area contributed by atoms with Crippen LogP contribution in [0.25, 0.3) is 0 Å². The average Bonchev–Trinajstić information content (AvgIpc) is 2.67. The molecule has 0 unspecified atom stereocenters. The molecule has 0 saturated heterocycles. The maximum absolute atomic E-state index is 12.1. The number of hydrogen-bond acceptors (Lipinski definition) is 5. The van der Waals surface area contributed by atoms with Gasteiger partial charge in [0.1, 0.15) is 12.4 Å². The molecule has 0 saturated carbocycles. The first-order valence-electron chi connectivity index (χ1n) is 8.09. The SMILES string of the molecule is C#CCOc1c(Cl)cc(/C=N\NC(=O)c2cccc(OC)c2)cc1OCC. The highest BCUT2D eigenvalue weighted by molar-refractivity contribution is 6.32. The fourth-order valence-corrected chi connectivity index (χ4v) is 2.45. The van der Waals surface area contributed by atoms with Gasteiger partial charge in [-0.1, -0.05) is 23.6 Å². The predicted molar refractivity (Wildman–Crippen MR) is 105 cm³/mol. The standard InChI is InChI=1S/C20H19ClN2O4/c1-4-9-27-19-17(21)10-14(11-18(19)26-5-2)13-22-23-20(24)15-7-6-8-16(12-15)25-3/h1,6-8,10-13H,5,9H2,2-3H3,(H,23,24)/b22-13-. The molecular weight excluding hydrogens is 368 g/mol. The van der Waals surface area contributed by atoms with Crippen molar-refractivity contribution >= 4 is 23.7 Å². The van der Waals surface area contributed by atoms with Gasteiger partial charge in [-0.2, -0.15) is 5.10 Å². The van der Waals surface area contributed by atoms with Crippen molar-refractivity contribution in [2.45, 2.75) is 6.92 Å². The highest BCUT2D eigenvalue weighted by Gasteiger charge is 2.12. The van der Waals surface area contributed by atoms with Crippen LogP contribution in [0, 0.1) is 12.3 Å². The Kier molecular flexibility index (Phi) is 7.53. The summed E-state index contributed by atoms with van der Waals surface area (Å²) in [4.78, 5) is 12.1. The minimum absolute atomic E-state index is 0.0732. The second kappa shape index (κ2) is 10.1. The van der Waals surface area contributed by atoms with E-state index in [2.05, 4.69) is 16.4 Å². The van der Waals surface area contributed by atoms with Crippen LogP contribution in [0.15, 0.2) is 41.5 Å². The Bertz CT molecular complexity index is 875. The number of ether oxygens (including phenoxy) is 3. The quantitative estimate of drug-likeness (QED) is 0.428. The van der Waals surface area contributed by atoms with Crippen molar-refractivity contribution in [2.24, 2.45) is 5.10 Å². The van der Waals surface area contributed by atoms with E-state index in [1.54, 1.807) is 36.4 Å². The van der Waals surface area contributed by atoms with Gasteiger partial charge in [0.2, 0.25) is 0 Å². The van der Waals surface area contributed by atoms with E-state index >= 15 is 0 Å². The van der Waals surface area contributed by atoms with Gasteiger partial charge in [0.15, 0.2) is 11.5 Å². The number of carbonyl (C=O) groups is 1. The number of benzene rings is 2. The molecule has 2 rings (SSSR count). The Balaban J connectivity index is 2.13. The summed E-state index contributed by atoms with van der Waals surface area (Å²) in [6, 6.07) is 10.1. The van der Waals surface area contributed by atoms with Crippen LogP contribution < -0.4 is 19.6 Å². The molecule has 140 valence electrons. The highest BCUT2D eigenvalue weighted by atomic mass is 35.5. The Morgan fingerprint density at radius 3 is 2.85 bits per heavy atom. The lowest BCUT2D eigenvalue weighted by Gasteiger charge is -2.12. The van der Waals surface area contributed by atoms with Crippen molar-refractivity contribution in [3.63, 3.8) is 0 Å². The Labute approximate surface area is 163 Å². The number of carbonyl (C=O) groups excluding carboxylic acids is 1.